The maximum atomic E-state index is 10.6. The molecule has 1 aromatic rings. The standard InChI is InChI=1S/C13H17NO3/c1-10(15)14-8-4-3-5-11-6-7-12(16)9-13(11)17-2/h3,5-7,9,16H,4,8H2,1-2H3,(H,14,15). The van der Waals surface area contributed by atoms with Crippen molar-refractivity contribution in [2.24, 2.45) is 0 Å². The molecule has 4 heteroatoms. The highest BCUT2D eigenvalue weighted by Gasteiger charge is 2.00. The lowest BCUT2D eigenvalue weighted by Gasteiger charge is -2.05. The largest absolute Gasteiger partial charge is 0.508 e. The zero-order valence-electron chi connectivity index (χ0n) is 10.1. The number of aromatic hydroxyl groups is 1. The van der Waals surface area contributed by atoms with Gasteiger partial charge >= 0.3 is 0 Å². The molecule has 0 atom stereocenters. The molecule has 0 aromatic heterocycles. The second kappa shape index (κ2) is 6.58. The molecule has 2 N–H and O–H groups in total. The molecule has 0 saturated heterocycles. The Morgan fingerprint density at radius 3 is 2.94 bits per heavy atom. The van der Waals surface area contributed by atoms with Crippen molar-refractivity contribution in [2.45, 2.75) is 13.3 Å². The Labute approximate surface area is 101 Å². The fraction of sp³-hybridized carbons (Fsp3) is 0.308. The van der Waals surface area contributed by atoms with E-state index in [4.69, 9.17) is 4.74 Å². The van der Waals surface area contributed by atoms with E-state index in [1.807, 2.05) is 12.2 Å². The van der Waals surface area contributed by atoms with Gasteiger partial charge in [-0.2, -0.15) is 0 Å². The maximum absolute atomic E-state index is 10.6. The van der Waals surface area contributed by atoms with E-state index in [0.29, 0.717) is 12.3 Å². The number of benzene rings is 1. The number of carbonyl (C=O) groups excluding carboxylic acids is 1. The van der Waals surface area contributed by atoms with Crippen molar-refractivity contribution < 1.29 is 14.6 Å². The summed E-state index contributed by atoms with van der Waals surface area (Å²) in [5, 5.41) is 12.0. The topological polar surface area (TPSA) is 58.6 Å². The number of methoxy groups -OCH3 is 1. The van der Waals surface area contributed by atoms with Crippen LogP contribution in [-0.4, -0.2) is 24.7 Å². The van der Waals surface area contributed by atoms with Crippen molar-refractivity contribution in [2.75, 3.05) is 13.7 Å². The SMILES string of the molecule is COc1cc(O)ccc1C=CCCNC(C)=O. The highest BCUT2D eigenvalue weighted by molar-refractivity contribution is 5.72. The van der Waals surface area contributed by atoms with Crippen LogP contribution in [0.4, 0.5) is 0 Å². The maximum Gasteiger partial charge on any atom is 0.216 e. The van der Waals surface area contributed by atoms with Gasteiger partial charge in [0.15, 0.2) is 0 Å². The summed E-state index contributed by atoms with van der Waals surface area (Å²) in [6.07, 6.45) is 4.61. The Morgan fingerprint density at radius 1 is 1.53 bits per heavy atom. The monoisotopic (exact) mass is 235 g/mol. The lowest BCUT2D eigenvalue weighted by Crippen LogP contribution is -2.20. The predicted octanol–water partition coefficient (Wildman–Crippen LogP) is 1.94. The summed E-state index contributed by atoms with van der Waals surface area (Å²) in [6.45, 7) is 2.11. The van der Waals surface area contributed by atoms with Gasteiger partial charge in [0.2, 0.25) is 5.91 Å². The molecule has 0 bridgehead atoms. The number of phenolic OH excluding ortho intramolecular Hbond substituents is 1. The van der Waals surface area contributed by atoms with Gasteiger partial charge in [-0.15, -0.1) is 0 Å². The quantitative estimate of drug-likeness (QED) is 0.767. The Bertz CT molecular complexity index is 413. The Balaban J connectivity index is 2.55. The molecular weight excluding hydrogens is 218 g/mol. The number of rotatable bonds is 5. The third kappa shape index (κ3) is 4.59. The molecule has 0 spiro atoms. The number of nitrogens with one attached hydrogen (secondary N) is 1. The van der Waals surface area contributed by atoms with Gasteiger partial charge in [-0.25, -0.2) is 0 Å². The van der Waals surface area contributed by atoms with Gasteiger partial charge in [0.25, 0.3) is 0 Å². The van der Waals surface area contributed by atoms with Crippen molar-refractivity contribution >= 4 is 12.0 Å². The van der Waals surface area contributed by atoms with E-state index in [1.165, 1.54) is 6.92 Å². The highest BCUT2D eigenvalue weighted by atomic mass is 16.5. The van der Waals surface area contributed by atoms with Gasteiger partial charge in [0.1, 0.15) is 11.5 Å². The fourth-order valence-corrected chi connectivity index (χ4v) is 1.38. The zero-order chi connectivity index (χ0) is 12.7. The van der Waals surface area contributed by atoms with Crippen LogP contribution in [0.3, 0.4) is 0 Å². The summed E-state index contributed by atoms with van der Waals surface area (Å²) in [5.41, 5.74) is 0.896. The number of phenols is 1. The molecule has 0 unspecified atom stereocenters. The zero-order valence-corrected chi connectivity index (χ0v) is 10.1. The lowest BCUT2D eigenvalue weighted by molar-refractivity contribution is -0.118. The summed E-state index contributed by atoms with van der Waals surface area (Å²) in [4.78, 5) is 10.6. The van der Waals surface area contributed by atoms with Crippen LogP contribution in [-0.2, 0) is 4.79 Å². The van der Waals surface area contributed by atoms with Crippen molar-refractivity contribution in [1.29, 1.82) is 0 Å². The molecule has 0 aliphatic heterocycles. The minimum Gasteiger partial charge on any atom is -0.508 e. The van der Waals surface area contributed by atoms with Gasteiger partial charge in [0, 0.05) is 25.1 Å². The minimum atomic E-state index is -0.0272. The van der Waals surface area contributed by atoms with Gasteiger partial charge in [-0.3, -0.25) is 4.79 Å². The van der Waals surface area contributed by atoms with Crippen molar-refractivity contribution in [3.63, 3.8) is 0 Å². The van der Waals surface area contributed by atoms with Gasteiger partial charge in [0.05, 0.1) is 7.11 Å². The first-order valence-electron chi connectivity index (χ1n) is 5.41. The van der Waals surface area contributed by atoms with E-state index in [1.54, 1.807) is 25.3 Å². The molecule has 0 fully saturated rings. The lowest BCUT2D eigenvalue weighted by atomic mass is 10.1. The molecule has 0 heterocycles. The van der Waals surface area contributed by atoms with Gasteiger partial charge in [-0.05, 0) is 18.6 Å². The number of ether oxygens (including phenoxy) is 1. The second-order valence-electron chi connectivity index (χ2n) is 3.60. The smallest absolute Gasteiger partial charge is 0.216 e. The summed E-state index contributed by atoms with van der Waals surface area (Å²) < 4.78 is 5.14. The van der Waals surface area contributed by atoms with Gasteiger partial charge < -0.3 is 15.2 Å². The Hall–Kier alpha value is -1.97. The van der Waals surface area contributed by atoms with Crippen LogP contribution in [0.25, 0.3) is 6.08 Å². The molecule has 0 saturated carbocycles. The van der Waals surface area contributed by atoms with Crippen LogP contribution in [0.5, 0.6) is 11.5 Å². The normalized spacial score (nSPS) is 10.5. The fourth-order valence-electron chi connectivity index (χ4n) is 1.38. The number of carbonyl (C=O) groups is 1. The second-order valence-corrected chi connectivity index (χ2v) is 3.60. The Morgan fingerprint density at radius 2 is 2.29 bits per heavy atom. The van der Waals surface area contributed by atoms with Crippen molar-refractivity contribution in [3.05, 3.63) is 29.8 Å². The summed E-state index contributed by atoms with van der Waals surface area (Å²) >= 11 is 0. The molecule has 4 nitrogen and oxygen atoms in total. The first kappa shape index (κ1) is 13.1. The minimum absolute atomic E-state index is 0.0272. The summed E-state index contributed by atoms with van der Waals surface area (Å²) in [6, 6.07) is 4.95. The van der Waals surface area contributed by atoms with Crippen LogP contribution >= 0.6 is 0 Å². The number of hydrogen-bond donors (Lipinski definition) is 2. The van der Waals surface area contributed by atoms with E-state index in [9.17, 15) is 9.90 Å². The molecule has 1 rings (SSSR count). The third-order valence-corrected chi connectivity index (χ3v) is 2.20. The van der Waals surface area contributed by atoms with E-state index < -0.39 is 0 Å². The molecule has 17 heavy (non-hydrogen) atoms. The molecule has 0 aliphatic carbocycles. The molecule has 92 valence electrons. The van der Waals surface area contributed by atoms with Gasteiger partial charge in [-0.1, -0.05) is 12.2 Å². The summed E-state index contributed by atoms with van der Waals surface area (Å²) in [5.74, 6) is 0.777. The van der Waals surface area contributed by atoms with E-state index in [0.717, 1.165) is 12.0 Å². The van der Waals surface area contributed by atoms with E-state index >= 15 is 0 Å². The average molecular weight is 235 g/mol. The van der Waals surface area contributed by atoms with Crippen LogP contribution in [0.15, 0.2) is 24.3 Å². The molecule has 1 amide bonds. The Kier molecular flexibility index (Phi) is 5.07. The number of amides is 1. The molecule has 1 aromatic carbocycles. The first-order valence-corrected chi connectivity index (χ1v) is 5.41. The molecule has 0 aliphatic rings. The average Bonchev–Trinajstić information content (AvgIpc) is 2.29. The van der Waals surface area contributed by atoms with E-state index in [-0.39, 0.29) is 11.7 Å². The predicted molar refractivity (Wildman–Crippen MR) is 67.0 cm³/mol. The first-order chi connectivity index (χ1) is 8.13. The number of hydrogen-bond acceptors (Lipinski definition) is 3. The van der Waals surface area contributed by atoms with Crippen molar-refractivity contribution in [3.8, 4) is 11.5 Å². The summed E-state index contributed by atoms with van der Waals surface area (Å²) in [7, 11) is 1.56. The molecular formula is C13H17NO3. The van der Waals surface area contributed by atoms with Crippen LogP contribution in [0.2, 0.25) is 0 Å². The highest BCUT2D eigenvalue weighted by Crippen LogP contribution is 2.24. The third-order valence-electron chi connectivity index (χ3n) is 2.20. The van der Waals surface area contributed by atoms with Crippen LogP contribution in [0, 0.1) is 0 Å². The van der Waals surface area contributed by atoms with E-state index in [2.05, 4.69) is 5.32 Å². The van der Waals surface area contributed by atoms with Crippen LogP contribution < -0.4 is 10.1 Å². The van der Waals surface area contributed by atoms with Crippen molar-refractivity contribution in [1.82, 2.24) is 5.32 Å². The molecule has 0 radical (unpaired) electrons. The van der Waals surface area contributed by atoms with Crippen LogP contribution in [0.1, 0.15) is 18.9 Å².